The number of hydrogen-bond acceptors (Lipinski definition) is 3. The Morgan fingerprint density at radius 1 is 0.857 bits per heavy atom. The van der Waals surface area contributed by atoms with Crippen molar-refractivity contribution in [3.63, 3.8) is 0 Å². The molecule has 3 rings (SSSR count). The maximum Gasteiger partial charge on any atom is 0.156 e. The van der Waals surface area contributed by atoms with Gasteiger partial charge in [0.25, 0.3) is 0 Å². The molecule has 0 amide bonds. The van der Waals surface area contributed by atoms with Gasteiger partial charge in [0.05, 0.1) is 18.0 Å². The number of nitrogens with zero attached hydrogens (tertiary/aromatic N) is 2. The minimum Gasteiger partial charge on any atom is -0.491 e. The molecule has 0 N–H and O–H groups in total. The van der Waals surface area contributed by atoms with Gasteiger partial charge >= 0.3 is 0 Å². The van der Waals surface area contributed by atoms with Crippen LogP contribution < -0.4 is 4.74 Å². The summed E-state index contributed by atoms with van der Waals surface area (Å²) in [5, 5.41) is 0. The number of benzene rings is 2. The molecular weight excluding hydrogens is 344 g/mol. The molecule has 0 aliphatic heterocycles. The number of pyridine rings is 1. The van der Waals surface area contributed by atoms with Crippen molar-refractivity contribution in [3.8, 4) is 5.75 Å². The van der Waals surface area contributed by atoms with E-state index in [2.05, 4.69) is 45.0 Å². The van der Waals surface area contributed by atoms with E-state index < -0.39 is 0 Å². The van der Waals surface area contributed by atoms with Crippen molar-refractivity contribution < 1.29 is 4.74 Å². The molecule has 0 bridgehead atoms. The predicted molar refractivity (Wildman–Crippen MR) is 117 cm³/mol. The zero-order chi connectivity index (χ0) is 19.9. The smallest absolute Gasteiger partial charge is 0.156 e. The Balaban J connectivity index is 2.08. The van der Waals surface area contributed by atoms with Gasteiger partial charge in [0.15, 0.2) is 5.82 Å². The zero-order valence-electron chi connectivity index (χ0n) is 17.2. The quantitative estimate of drug-likeness (QED) is 0.357. The first-order valence-corrected chi connectivity index (χ1v) is 9.92. The highest BCUT2D eigenvalue weighted by molar-refractivity contribution is 6.13. The highest BCUT2D eigenvalue weighted by Gasteiger charge is 2.15. The van der Waals surface area contributed by atoms with Gasteiger partial charge in [-0.2, -0.15) is 0 Å². The Morgan fingerprint density at radius 3 is 1.96 bits per heavy atom. The zero-order valence-corrected chi connectivity index (χ0v) is 17.2. The van der Waals surface area contributed by atoms with Gasteiger partial charge in [-0.25, -0.2) is 9.98 Å². The standard InChI is InChI=1S/C25H28N2O/c1-5-6-17-28-24-18(2)19(3)25(26-20(24)4)27-23(21-13-9-7-10-14-21)22-15-11-8-12-16-22/h7-16H,5-6,17H2,1-4H3. The maximum atomic E-state index is 6.01. The summed E-state index contributed by atoms with van der Waals surface area (Å²) in [6.45, 7) is 9.05. The molecular formula is C25H28N2O. The van der Waals surface area contributed by atoms with Crippen molar-refractivity contribution in [1.29, 1.82) is 0 Å². The van der Waals surface area contributed by atoms with Crippen LogP contribution in [0.1, 0.15) is 47.7 Å². The van der Waals surface area contributed by atoms with E-state index in [9.17, 15) is 0 Å². The first-order chi connectivity index (χ1) is 13.6. The normalized spacial score (nSPS) is 10.6. The molecule has 3 nitrogen and oxygen atoms in total. The molecule has 0 radical (unpaired) electrons. The third-order valence-electron chi connectivity index (χ3n) is 4.90. The lowest BCUT2D eigenvalue weighted by Crippen LogP contribution is -2.06. The molecule has 1 aromatic heterocycles. The second kappa shape index (κ2) is 9.32. The first kappa shape index (κ1) is 19.8. The summed E-state index contributed by atoms with van der Waals surface area (Å²) >= 11 is 0. The van der Waals surface area contributed by atoms with Crippen LogP contribution in [0.5, 0.6) is 5.75 Å². The topological polar surface area (TPSA) is 34.5 Å². The third kappa shape index (κ3) is 4.48. The molecule has 3 heteroatoms. The summed E-state index contributed by atoms with van der Waals surface area (Å²) in [5.74, 6) is 1.64. The van der Waals surface area contributed by atoms with E-state index in [0.29, 0.717) is 0 Å². The number of hydrogen-bond donors (Lipinski definition) is 0. The van der Waals surface area contributed by atoms with E-state index in [4.69, 9.17) is 14.7 Å². The molecule has 2 aromatic carbocycles. The van der Waals surface area contributed by atoms with E-state index in [-0.39, 0.29) is 0 Å². The molecule has 3 aromatic rings. The molecule has 0 saturated heterocycles. The highest BCUT2D eigenvalue weighted by atomic mass is 16.5. The van der Waals surface area contributed by atoms with E-state index in [1.54, 1.807) is 0 Å². The fourth-order valence-corrected chi connectivity index (χ4v) is 3.14. The third-order valence-corrected chi connectivity index (χ3v) is 4.90. The molecule has 1 heterocycles. The minimum absolute atomic E-state index is 0.723. The van der Waals surface area contributed by atoms with Gasteiger partial charge < -0.3 is 4.74 Å². The van der Waals surface area contributed by atoms with Crippen LogP contribution in [0, 0.1) is 20.8 Å². The Hall–Kier alpha value is -2.94. The number of ether oxygens (including phenoxy) is 1. The van der Waals surface area contributed by atoms with Crippen molar-refractivity contribution in [2.45, 2.75) is 40.5 Å². The molecule has 0 atom stereocenters. The lowest BCUT2D eigenvalue weighted by molar-refractivity contribution is 0.303. The highest BCUT2D eigenvalue weighted by Crippen LogP contribution is 2.31. The molecule has 0 aliphatic rings. The van der Waals surface area contributed by atoms with Gasteiger partial charge in [0.1, 0.15) is 5.75 Å². The van der Waals surface area contributed by atoms with Gasteiger partial charge in [-0.05, 0) is 32.8 Å². The lowest BCUT2D eigenvalue weighted by atomic mass is 10.0. The minimum atomic E-state index is 0.723. The molecule has 0 saturated carbocycles. The van der Waals surface area contributed by atoms with Crippen molar-refractivity contribution in [2.75, 3.05) is 6.61 Å². The molecule has 0 aliphatic carbocycles. The van der Waals surface area contributed by atoms with Gasteiger partial charge in [-0.3, -0.25) is 0 Å². The van der Waals surface area contributed by atoms with Gasteiger partial charge in [-0.1, -0.05) is 74.0 Å². The average Bonchev–Trinajstić information content (AvgIpc) is 2.73. The van der Waals surface area contributed by atoms with E-state index in [1.165, 1.54) is 0 Å². The summed E-state index contributed by atoms with van der Waals surface area (Å²) in [4.78, 5) is 9.80. The number of aryl methyl sites for hydroxylation is 1. The second-order valence-electron chi connectivity index (χ2n) is 6.99. The van der Waals surface area contributed by atoms with Gasteiger partial charge in [-0.15, -0.1) is 0 Å². The average molecular weight is 373 g/mol. The van der Waals surface area contributed by atoms with Gasteiger partial charge in [0, 0.05) is 16.7 Å². The number of aliphatic imine (C=N–C) groups is 1. The van der Waals surface area contributed by atoms with E-state index in [0.717, 1.165) is 64.7 Å². The summed E-state index contributed by atoms with van der Waals surface area (Å²) in [5.41, 5.74) is 6.14. The van der Waals surface area contributed by atoms with Crippen LogP contribution in [0.2, 0.25) is 0 Å². The molecule has 0 unspecified atom stereocenters. The number of rotatable bonds is 7. The molecule has 28 heavy (non-hydrogen) atoms. The van der Waals surface area contributed by atoms with Crippen LogP contribution in [0.4, 0.5) is 5.82 Å². The van der Waals surface area contributed by atoms with Crippen LogP contribution in [0.3, 0.4) is 0 Å². The Bertz CT molecular complexity index is 906. The second-order valence-corrected chi connectivity index (χ2v) is 6.99. The fraction of sp³-hybridized carbons (Fsp3) is 0.280. The Kier molecular flexibility index (Phi) is 6.59. The fourth-order valence-electron chi connectivity index (χ4n) is 3.14. The number of aromatic nitrogens is 1. The Labute approximate surface area is 168 Å². The van der Waals surface area contributed by atoms with Crippen LogP contribution in [0.25, 0.3) is 0 Å². The van der Waals surface area contributed by atoms with E-state index in [1.807, 2.05) is 43.3 Å². The van der Waals surface area contributed by atoms with Crippen LogP contribution >= 0.6 is 0 Å². The van der Waals surface area contributed by atoms with Crippen LogP contribution in [0.15, 0.2) is 65.7 Å². The van der Waals surface area contributed by atoms with Crippen LogP contribution in [-0.4, -0.2) is 17.3 Å². The summed E-state index contributed by atoms with van der Waals surface area (Å²) in [7, 11) is 0. The predicted octanol–water partition coefficient (Wildman–Crippen LogP) is 6.35. The molecule has 0 spiro atoms. The van der Waals surface area contributed by atoms with Crippen molar-refractivity contribution in [3.05, 3.63) is 88.6 Å². The molecule has 0 fully saturated rings. The van der Waals surface area contributed by atoms with Crippen molar-refractivity contribution in [1.82, 2.24) is 4.98 Å². The molecule has 144 valence electrons. The first-order valence-electron chi connectivity index (χ1n) is 9.92. The number of unbranched alkanes of at least 4 members (excludes halogenated alkanes) is 1. The van der Waals surface area contributed by atoms with E-state index >= 15 is 0 Å². The largest absolute Gasteiger partial charge is 0.491 e. The monoisotopic (exact) mass is 372 g/mol. The van der Waals surface area contributed by atoms with Crippen molar-refractivity contribution in [2.24, 2.45) is 4.99 Å². The summed E-state index contributed by atoms with van der Waals surface area (Å²) in [6, 6.07) is 20.5. The maximum absolute atomic E-state index is 6.01. The van der Waals surface area contributed by atoms with Gasteiger partial charge in [0.2, 0.25) is 0 Å². The SMILES string of the molecule is CCCCOc1c(C)nc(N=C(c2ccccc2)c2ccccc2)c(C)c1C. The summed E-state index contributed by atoms with van der Waals surface area (Å²) in [6.07, 6.45) is 2.16. The van der Waals surface area contributed by atoms with Crippen LogP contribution in [-0.2, 0) is 0 Å². The lowest BCUT2D eigenvalue weighted by Gasteiger charge is -2.16. The Morgan fingerprint density at radius 2 is 1.43 bits per heavy atom. The summed E-state index contributed by atoms with van der Waals surface area (Å²) < 4.78 is 6.01. The van der Waals surface area contributed by atoms with Crippen molar-refractivity contribution >= 4 is 11.5 Å².